The second-order valence-corrected chi connectivity index (χ2v) is 3.99. The molecule has 3 heteroatoms. The van der Waals surface area contributed by atoms with Gasteiger partial charge in [-0.3, -0.25) is 4.98 Å². The van der Waals surface area contributed by atoms with Crippen molar-refractivity contribution in [2.24, 2.45) is 5.73 Å². The van der Waals surface area contributed by atoms with Crippen molar-refractivity contribution in [3.63, 3.8) is 0 Å². The first-order valence-corrected chi connectivity index (χ1v) is 5.12. The molecule has 3 unspecified atom stereocenters. The van der Waals surface area contributed by atoms with Crippen LogP contribution in [-0.2, 0) is 0 Å². The number of aromatic nitrogens is 1. The second kappa shape index (κ2) is 4.07. The van der Waals surface area contributed by atoms with Crippen LogP contribution in [0.25, 0.3) is 0 Å². The number of hydrogen-bond acceptors (Lipinski definition) is 3. The molecule has 1 aliphatic rings. The molecule has 76 valence electrons. The van der Waals surface area contributed by atoms with Crippen molar-refractivity contribution < 1.29 is 5.11 Å². The molecule has 0 bridgehead atoms. The molecule has 1 fully saturated rings. The Bertz CT molecular complexity index is 289. The fraction of sp³-hybridized carbons (Fsp3) is 0.545. The first-order chi connectivity index (χ1) is 6.77. The number of hydrogen-bond donors (Lipinski definition) is 2. The largest absolute Gasteiger partial charge is 0.393 e. The van der Waals surface area contributed by atoms with E-state index < -0.39 is 0 Å². The quantitative estimate of drug-likeness (QED) is 0.699. The van der Waals surface area contributed by atoms with Gasteiger partial charge in [-0.2, -0.15) is 0 Å². The zero-order chi connectivity index (χ0) is 9.97. The third-order valence-corrected chi connectivity index (χ3v) is 2.94. The first-order valence-electron chi connectivity index (χ1n) is 5.12. The summed E-state index contributed by atoms with van der Waals surface area (Å²) in [7, 11) is 0. The SMILES string of the molecule is NC1CCC(O)CC1c1ccccn1. The topological polar surface area (TPSA) is 59.1 Å². The zero-order valence-corrected chi connectivity index (χ0v) is 8.13. The summed E-state index contributed by atoms with van der Waals surface area (Å²) in [5.74, 6) is 0.222. The third kappa shape index (κ3) is 1.94. The van der Waals surface area contributed by atoms with Crippen molar-refractivity contribution in [1.29, 1.82) is 0 Å². The monoisotopic (exact) mass is 192 g/mol. The number of nitrogens with two attached hydrogens (primary N) is 1. The molecule has 1 aliphatic carbocycles. The summed E-state index contributed by atoms with van der Waals surface area (Å²) in [5, 5.41) is 9.58. The lowest BCUT2D eigenvalue weighted by atomic mass is 9.81. The Morgan fingerprint density at radius 3 is 2.93 bits per heavy atom. The van der Waals surface area contributed by atoms with E-state index in [-0.39, 0.29) is 18.1 Å². The van der Waals surface area contributed by atoms with Gasteiger partial charge in [0.1, 0.15) is 0 Å². The molecule has 0 aliphatic heterocycles. The average Bonchev–Trinajstić information content (AvgIpc) is 2.23. The van der Waals surface area contributed by atoms with Crippen LogP contribution < -0.4 is 5.73 Å². The lowest BCUT2D eigenvalue weighted by Crippen LogP contribution is -2.36. The number of nitrogens with zero attached hydrogens (tertiary/aromatic N) is 1. The van der Waals surface area contributed by atoms with Gasteiger partial charge in [0.2, 0.25) is 0 Å². The molecule has 1 aromatic rings. The highest BCUT2D eigenvalue weighted by Crippen LogP contribution is 2.30. The van der Waals surface area contributed by atoms with E-state index >= 15 is 0 Å². The minimum Gasteiger partial charge on any atom is -0.393 e. The molecular formula is C11H16N2O. The Labute approximate surface area is 84.0 Å². The third-order valence-electron chi connectivity index (χ3n) is 2.94. The van der Waals surface area contributed by atoms with Crippen molar-refractivity contribution in [3.05, 3.63) is 30.1 Å². The van der Waals surface area contributed by atoms with Gasteiger partial charge in [-0.1, -0.05) is 6.07 Å². The molecule has 3 N–H and O–H groups in total. The molecule has 3 nitrogen and oxygen atoms in total. The molecule has 1 saturated carbocycles. The molecule has 1 heterocycles. The van der Waals surface area contributed by atoms with E-state index in [1.807, 2.05) is 18.2 Å². The highest BCUT2D eigenvalue weighted by atomic mass is 16.3. The number of pyridine rings is 1. The standard InChI is InChI=1S/C11H16N2O/c12-10-5-4-8(14)7-9(10)11-3-1-2-6-13-11/h1-3,6,8-10,14H,4-5,7,12H2. The lowest BCUT2D eigenvalue weighted by molar-refractivity contribution is 0.110. The minimum atomic E-state index is -0.207. The molecule has 2 rings (SSSR count). The van der Waals surface area contributed by atoms with Gasteiger partial charge in [-0.15, -0.1) is 0 Å². The Balaban J connectivity index is 2.16. The van der Waals surface area contributed by atoms with Gasteiger partial charge >= 0.3 is 0 Å². The van der Waals surface area contributed by atoms with Gasteiger partial charge in [-0.05, 0) is 31.4 Å². The zero-order valence-electron chi connectivity index (χ0n) is 8.13. The highest BCUT2D eigenvalue weighted by molar-refractivity contribution is 5.13. The van der Waals surface area contributed by atoms with Crippen LogP contribution in [0, 0.1) is 0 Å². The summed E-state index contributed by atoms with van der Waals surface area (Å²) in [5.41, 5.74) is 7.03. The van der Waals surface area contributed by atoms with Gasteiger partial charge in [0.15, 0.2) is 0 Å². The summed E-state index contributed by atoms with van der Waals surface area (Å²) in [4.78, 5) is 4.30. The molecule has 0 radical (unpaired) electrons. The minimum absolute atomic E-state index is 0.147. The van der Waals surface area contributed by atoms with Gasteiger partial charge in [-0.25, -0.2) is 0 Å². The normalized spacial score (nSPS) is 32.9. The molecule has 1 aromatic heterocycles. The van der Waals surface area contributed by atoms with Gasteiger partial charge in [0, 0.05) is 23.9 Å². The first kappa shape index (κ1) is 9.62. The number of aliphatic hydroxyl groups is 1. The van der Waals surface area contributed by atoms with Crippen LogP contribution in [0.2, 0.25) is 0 Å². The van der Waals surface area contributed by atoms with Crippen LogP contribution in [0.4, 0.5) is 0 Å². The molecular weight excluding hydrogens is 176 g/mol. The summed E-state index contributed by atoms with van der Waals surface area (Å²) in [6, 6.07) is 6.00. The van der Waals surface area contributed by atoms with Crippen LogP contribution in [0.1, 0.15) is 30.9 Å². The van der Waals surface area contributed by atoms with Gasteiger partial charge in [0.05, 0.1) is 6.10 Å². The fourth-order valence-corrected chi connectivity index (χ4v) is 2.11. The van der Waals surface area contributed by atoms with E-state index in [2.05, 4.69) is 4.98 Å². The van der Waals surface area contributed by atoms with Crippen molar-refractivity contribution in [2.75, 3.05) is 0 Å². The summed E-state index contributed by atoms with van der Waals surface area (Å²) in [6.07, 6.45) is 4.04. The molecule has 0 saturated heterocycles. The average molecular weight is 192 g/mol. The van der Waals surface area contributed by atoms with Crippen molar-refractivity contribution in [1.82, 2.24) is 4.98 Å². The number of aliphatic hydroxyl groups excluding tert-OH is 1. The van der Waals surface area contributed by atoms with E-state index in [4.69, 9.17) is 5.73 Å². The van der Waals surface area contributed by atoms with Crippen LogP contribution in [-0.4, -0.2) is 22.2 Å². The molecule has 14 heavy (non-hydrogen) atoms. The second-order valence-electron chi connectivity index (χ2n) is 3.99. The maximum atomic E-state index is 9.58. The summed E-state index contributed by atoms with van der Waals surface area (Å²) >= 11 is 0. The van der Waals surface area contributed by atoms with Crippen LogP contribution in [0.15, 0.2) is 24.4 Å². The van der Waals surface area contributed by atoms with Crippen LogP contribution in [0.5, 0.6) is 0 Å². The van der Waals surface area contributed by atoms with Gasteiger partial charge in [0.25, 0.3) is 0 Å². The Morgan fingerprint density at radius 1 is 1.36 bits per heavy atom. The van der Waals surface area contributed by atoms with E-state index in [0.717, 1.165) is 25.0 Å². The van der Waals surface area contributed by atoms with Crippen LogP contribution in [0.3, 0.4) is 0 Å². The predicted molar refractivity (Wildman–Crippen MR) is 54.8 cm³/mol. The predicted octanol–water partition coefficient (Wildman–Crippen LogP) is 1.04. The lowest BCUT2D eigenvalue weighted by Gasteiger charge is -2.31. The molecule has 0 amide bonds. The fourth-order valence-electron chi connectivity index (χ4n) is 2.11. The maximum Gasteiger partial charge on any atom is 0.0547 e. The molecule has 0 aromatic carbocycles. The summed E-state index contributed by atoms with van der Waals surface area (Å²) in [6.45, 7) is 0. The highest BCUT2D eigenvalue weighted by Gasteiger charge is 2.28. The van der Waals surface area contributed by atoms with Crippen LogP contribution >= 0.6 is 0 Å². The molecule has 3 atom stereocenters. The van der Waals surface area contributed by atoms with E-state index in [9.17, 15) is 5.11 Å². The Morgan fingerprint density at radius 2 is 2.21 bits per heavy atom. The van der Waals surface area contributed by atoms with Crippen molar-refractivity contribution in [3.8, 4) is 0 Å². The van der Waals surface area contributed by atoms with E-state index in [0.29, 0.717) is 0 Å². The van der Waals surface area contributed by atoms with Crippen molar-refractivity contribution in [2.45, 2.75) is 37.3 Å². The smallest absolute Gasteiger partial charge is 0.0547 e. The Hall–Kier alpha value is -0.930. The van der Waals surface area contributed by atoms with E-state index in [1.54, 1.807) is 6.20 Å². The molecule has 0 spiro atoms. The maximum absolute atomic E-state index is 9.58. The van der Waals surface area contributed by atoms with Crippen molar-refractivity contribution >= 4 is 0 Å². The van der Waals surface area contributed by atoms with Gasteiger partial charge < -0.3 is 10.8 Å². The number of rotatable bonds is 1. The van der Waals surface area contributed by atoms with E-state index in [1.165, 1.54) is 0 Å². The Kier molecular flexibility index (Phi) is 2.79. The summed E-state index contributed by atoms with van der Waals surface area (Å²) < 4.78 is 0.